The third kappa shape index (κ3) is 3.94. The van der Waals surface area contributed by atoms with E-state index in [2.05, 4.69) is 19.9 Å². The summed E-state index contributed by atoms with van der Waals surface area (Å²) < 4.78 is 29.6. The largest absolute Gasteiger partial charge is 0.311 e. The van der Waals surface area contributed by atoms with Gasteiger partial charge in [-0.1, -0.05) is 23.7 Å². The Labute approximate surface area is 154 Å². The molecule has 25 heavy (non-hydrogen) atoms. The molecule has 2 heterocycles. The van der Waals surface area contributed by atoms with Gasteiger partial charge in [-0.05, 0) is 42.4 Å². The highest BCUT2D eigenvalue weighted by Gasteiger charge is 2.18. The van der Waals surface area contributed by atoms with Crippen molar-refractivity contribution in [3.8, 4) is 0 Å². The smallest absolute Gasteiger partial charge is 0.263 e. The van der Waals surface area contributed by atoms with E-state index in [4.69, 9.17) is 11.6 Å². The number of pyridine rings is 1. The van der Waals surface area contributed by atoms with Gasteiger partial charge in [-0.25, -0.2) is 13.4 Å². The maximum absolute atomic E-state index is 12.7. The first-order chi connectivity index (χ1) is 11.9. The highest BCUT2D eigenvalue weighted by Crippen LogP contribution is 2.33. The minimum atomic E-state index is -3.79. The Bertz CT molecular complexity index is 1020. The van der Waals surface area contributed by atoms with Crippen molar-refractivity contribution in [1.82, 2.24) is 19.7 Å². The number of benzene rings is 1. The minimum Gasteiger partial charge on any atom is -0.311 e. The molecule has 0 spiro atoms. The predicted octanol–water partition coefficient (Wildman–Crippen LogP) is 3.12. The standard InChI is InChI=1S/C15H14ClN5O2S2/c1-10-7-11(8-17-14(10)16)25(22,23)20-12-5-3-4-6-13(12)24-15-19-18-9-21(15)2/h3-9,20H,1-2H3. The molecular formula is C15H14ClN5O2S2. The average Bonchev–Trinajstić information content (AvgIpc) is 2.96. The first kappa shape index (κ1) is 17.7. The average molecular weight is 396 g/mol. The Morgan fingerprint density at radius 2 is 2.04 bits per heavy atom. The molecule has 0 unspecified atom stereocenters. The molecule has 130 valence electrons. The molecule has 0 aliphatic carbocycles. The van der Waals surface area contributed by atoms with Gasteiger partial charge in [-0.2, -0.15) is 0 Å². The fourth-order valence-corrected chi connectivity index (χ4v) is 4.11. The van der Waals surface area contributed by atoms with Gasteiger partial charge in [0.15, 0.2) is 5.16 Å². The number of halogens is 1. The summed E-state index contributed by atoms with van der Waals surface area (Å²) >= 11 is 7.18. The van der Waals surface area contributed by atoms with Crippen LogP contribution in [0.2, 0.25) is 5.15 Å². The van der Waals surface area contributed by atoms with Crippen molar-refractivity contribution >= 4 is 39.1 Å². The molecule has 2 aromatic heterocycles. The molecule has 0 aliphatic rings. The van der Waals surface area contributed by atoms with Crippen LogP contribution in [0.4, 0.5) is 5.69 Å². The van der Waals surface area contributed by atoms with Gasteiger partial charge in [0.1, 0.15) is 16.4 Å². The van der Waals surface area contributed by atoms with Crippen LogP contribution in [0.3, 0.4) is 0 Å². The van der Waals surface area contributed by atoms with Gasteiger partial charge in [0.25, 0.3) is 10.0 Å². The van der Waals surface area contributed by atoms with Crippen LogP contribution < -0.4 is 4.72 Å². The summed E-state index contributed by atoms with van der Waals surface area (Å²) in [7, 11) is -1.97. The van der Waals surface area contributed by atoms with Crippen LogP contribution in [-0.4, -0.2) is 28.2 Å². The van der Waals surface area contributed by atoms with Crippen molar-refractivity contribution in [3.63, 3.8) is 0 Å². The Kier molecular flexibility index (Phi) is 4.98. The number of para-hydroxylation sites is 1. The SMILES string of the molecule is Cc1cc(S(=O)(=O)Nc2ccccc2Sc2nncn2C)cnc1Cl. The molecule has 3 rings (SSSR count). The minimum absolute atomic E-state index is 0.0489. The zero-order valence-corrected chi connectivity index (χ0v) is 15.7. The Morgan fingerprint density at radius 3 is 2.72 bits per heavy atom. The lowest BCUT2D eigenvalue weighted by Crippen LogP contribution is -2.14. The van der Waals surface area contributed by atoms with E-state index in [1.807, 2.05) is 19.2 Å². The number of hydrogen-bond donors (Lipinski definition) is 1. The third-order valence-corrected chi connectivity index (χ3v) is 6.16. The fourth-order valence-electron chi connectivity index (χ4n) is 1.99. The quantitative estimate of drug-likeness (QED) is 0.667. The van der Waals surface area contributed by atoms with Gasteiger partial charge in [0, 0.05) is 18.1 Å². The number of sulfonamides is 1. The number of nitrogens with one attached hydrogen (secondary N) is 1. The van der Waals surface area contributed by atoms with Crippen LogP contribution in [0.25, 0.3) is 0 Å². The van der Waals surface area contributed by atoms with Gasteiger partial charge in [-0.15, -0.1) is 10.2 Å². The van der Waals surface area contributed by atoms with Crippen LogP contribution in [0, 0.1) is 6.92 Å². The fraction of sp³-hybridized carbons (Fsp3) is 0.133. The van der Waals surface area contributed by atoms with Gasteiger partial charge < -0.3 is 4.57 Å². The van der Waals surface area contributed by atoms with E-state index >= 15 is 0 Å². The van der Waals surface area contributed by atoms with E-state index in [0.717, 1.165) is 0 Å². The van der Waals surface area contributed by atoms with Gasteiger partial charge >= 0.3 is 0 Å². The zero-order chi connectivity index (χ0) is 18.0. The molecule has 1 aromatic carbocycles. The topological polar surface area (TPSA) is 89.8 Å². The van der Waals surface area contributed by atoms with Crippen LogP contribution >= 0.6 is 23.4 Å². The lowest BCUT2D eigenvalue weighted by Gasteiger charge is -2.12. The Morgan fingerprint density at radius 1 is 1.28 bits per heavy atom. The Hall–Kier alpha value is -2.10. The number of rotatable bonds is 5. The first-order valence-electron chi connectivity index (χ1n) is 7.12. The maximum atomic E-state index is 12.7. The summed E-state index contributed by atoms with van der Waals surface area (Å²) in [4.78, 5) is 4.66. The van der Waals surface area contributed by atoms with Crippen LogP contribution in [0.5, 0.6) is 0 Å². The number of anilines is 1. The van der Waals surface area contributed by atoms with Crippen LogP contribution in [0.1, 0.15) is 5.56 Å². The number of aryl methyl sites for hydroxylation is 2. The van der Waals surface area contributed by atoms with Gasteiger partial charge in [0.2, 0.25) is 0 Å². The number of nitrogens with zero attached hydrogens (tertiary/aromatic N) is 4. The third-order valence-electron chi connectivity index (χ3n) is 3.30. The van der Waals surface area contributed by atoms with E-state index in [0.29, 0.717) is 21.3 Å². The normalized spacial score (nSPS) is 11.5. The molecule has 0 bridgehead atoms. The molecule has 10 heteroatoms. The maximum Gasteiger partial charge on any atom is 0.263 e. The van der Waals surface area contributed by atoms with Gasteiger partial charge in [-0.3, -0.25) is 4.72 Å². The lowest BCUT2D eigenvalue weighted by atomic mass is 10.3. The molecule has 0 fully saturated rings. The molecular weight excluding hydrogens is 382 g/mol. The molecule has 7 nitrogen and oxygen atoms in total. The van der Waals surface area contributed by atoms with Crippen LogP contribution in [0.15, 0.2) is 57.8 Å². The highest BCUT2D eigenvalue weighted by atomic mass is 35.5. The second kappa shape index (κ2) is 7.03. The van der Waals surface area contributed by atoms with E-state index in [1.54, 1.807) is 30.0 Å². The summed E-state index contributed by atoms with van der Waals surface area (Å²) in [5.74, 6) is 0. The zero-order valence-electron chi connectivity index (χ0n) is 13.3. The second-order valence-electron chi connectivity index (χ2n) is 5.21. The lowest BCUT2D eigenvalue weighted by molar-refractivity contribution is 0.600. The van der Waals surface area contributed by atoms with E-state index < -0.39 is 10.0 Å². The summed E-state index contributed by atoms with van der Waals surface area (Å²) in [6.45, 7) is 1.70. The summed E-state index contributed by atoms with van der Waals surface area (Å²) in [5, 5.41) is 8.75. The van der Waals surface area contributed by atoms with Crippen molar-refractivity contribution in [1.29, 1.82) is 0 Å². The van der Waals surface area contributed by atoms with Crippen molar-refractivity contribution in [2.45, 2.75) is 21.9 Å². The van der Waals surface area contributed by atoms with Gasteiger partial charge in [0.05, 0.1) is 5.69 Å². The molecule has 1 N–H and O–H groups in total. The highest BCUT2D eigenvalue weighted by molar-refractivity contribution is 7.99. The summed E-state index contributed by atoms with van der Waals surface area (Å²) in [5.41, 5.74) is 1.04. The van der Waals surface area contributed by atoms with Crippen molar-refractivity contribution in [3.05, 3.63) is 53.6 Å². The second-order valence-corrected chi connectivity index (χ2v) is 8.26. The van der Waals surface area contributed by atoms with Crippen molar-refractivity contribution in [2.24, 2.45) is 7.05 Å². The molecule has 3 aromatic rings. The van der Waals surface area contributed by atoms with Crippen molar-refractivity contribution in [2.75, 3.05) is 4.72 Å². The predicted molar refractivity (Wildman–Crippen MR) is 96.4 cm³/mol. The summed E-state index contributed by atoms with van der Waals surface area (Å²) in [6.07, 6.45) is 2.81. The number of hydrogen-bond acceptors (Lipinski definition) is 6. The van der Waals surface area contributed by atoms with Crippen molar-refractivity contribution < 1.29 is 8.42 Å². The molecule has 0 saturated carbocycles. The monoisotopic (exact) mass is 395 g/mol. The molecule has 0 atom stereocenters. The molecule has 0 amide bonds. The van der Waals surface area contributed by atoms with Crippen LogP contribution in [-0.2, 0) is 17.1 Å². The summed E-state index contributed by atoms with van der Waals surface area (Å²) in [6, 6.07) is 8.56. The molecule has 0 aliphatic heterocycles. The number of aromatic nitrogens is 4. The van der Waals surface area contributed by atoms with E-state index in [1.165, 1.54) is 24.0 Å². The molecule has 0 saturated heterocycles. The van der Waals surface area contributed by atoms with E-state index in [-0.39, 0.29) is 10.0 Å². The van der Waals surface area contributed by atoms with E-state index in [9.17, 15) is 8.42 Å². The Balaban J connectivity index is 1.92. The molecule has 0 radical (unpaired) electrons. The first-order valence-corrected chi connectivity index (χ1v) is 9.80.